The summed E-state index contributed by atoms with van der Waals surface area (Å²) in [5.74, 6) is -0.629. The van der Waals surface area contributed by atoms with Crippen LogP contribution in [0.5, 0.6) is 0 Å². The number of aromatic nitrogens is 1. The van der Waals surface area contributed by atoms with Crippen molar-refractivity contribution >= 4 is 23.2 Å². The molecule has 1 amide bonds. The number of pyridine rings is 1. The molecule has 0 fully saturated rings. The molecule has 0 unspecified atom stereocenters. The second kappa shape index (κ2) is 5.61. The number of carbonyl (C=O) groups is 1. The average molecular weight is 317 g/mol. The van der Waals surface area contributed by atoms with Gasteiger partial charge in [0.1, 0.15) is 5.56 Å². The minimum absolute atomic E-state index is 0.0364. The third-order valence-electron chi connectivity index (χ3n) is 2.60. The number of halogens is 4. The van der Waals surface area contributed by atoms with Crippen molar-refractivity contribution in [2.24, 2.45) is 0 Å². The quantitative estimate of drug-likeness (QED) is 0.525. The van der Waals surface area contributed by atoms with Gasteiger partial charge in [0.2, 0.25) is 0 Å². The summed E-state index contributed by atoms with van der Waals surface area (Å²) in [5.41, 5.74) is -0.598. The summed E-state index contributed by atoms with van der Waals surface area (Å²) in [6.45, 7) is 0. The normalized spacial score (nSPS) is 11.2. The number of benzene rings is 1. The Kier molecular flexibility index (Phi) is 4.04. The highest BCUT2D eigenvalue weighted by atomic mass is 35.5. The van der Waals surface area contributed by atoms with Gasteiger partial charge in [-0.2, -0.15) is 17.9 Å². The van der Waals surface area contributed by atoms with Crippen molar-refractivity contribution in [2.45, 2.75) is 6.18 Å². The van der Waals surface area contributed by atoms with E-state index in [4.69, 9.17) is 11.6 Å². The van der Waals surface area contributed by atoms with Crippen molar-refractivity contribution in [1.82, 2.24) is 0 Å². The molecule has 0 bridgehead atoms. The number of hydrogen-bond acceptors (Lipinski definition) is 2. The van der Waals surface area contributed by atoms with Gasteiger partial charge < -0.3 is 10.5 Å². The highest BCUT2D eigenvalue weighted by Gasteiger charge is 2.30. The number of nitrogens with zero attached hydrogens (tertiary/aromatic N) is 1. The van der Waals surface area contributed by atoms with E-state index in [2.05, 4.69) is 5.32 Å². The summed E-state index contributed by atoms with van der Waals surface area (Å²) in [5, 5.41) is 13.5. The van der Waals surface area contributed by atoms with Gasteiger partial charge >= 0.3 is 6.18 Å². The highest BCUT2D eigenvalue weighted by molar-refractivity contribution is 6.28. The van der Waals surface area contributed by atoms with Crippen LogP contribution in [-0.4, -0.2) is 5.91 Å². The number of carbonyl (C=O) groups excluding carboxylic acids is 1. The summed E-state index contributed by atoms with van der Waals surface area (Å²) < 4.78 is 37.5. The fraction of sp³-hybridized carbons (Fsp3) is 0.0769. The lowest BCUT2D eigenvalue weighted by Gasteiger charge is -2.08. The number of hydrogen-bond donors (Lipinski definition) is 1. The molecule has 0 aliphatic heterocycles. The molecule has 110 valence electrons. The fourth-order valence-electron chi connectivity index (χ4n) is 1.54. The maximum Gasteiger partial charge on any atom is 0.416 e. The van der Waals surface area contributed by atoms with Crippen LogP contribution in [0.15, 0.2) is 42.6 Å². The van der Waals surface area contributed by atoms with Crippen LogP contribution in [0.1, 0.15) is 15.9 Å². The minimum Gasteiger partial charge on any atom is -0.618 e. The van der Waals surface area contributed by atoms with E-state index >= 15 is 0 Å². The molecular formula is C13H8ClF3N2O2. The second-order valence-electron chi connectivity index (χ2n) is 4.10. The summed E-state index contributed by atoms with van der Waals surface area (Å²) in [6, 6.07) is 6.53. The van der Waals surface area contributed by atoms with Crippen LogP contribution in [0.3, 0.4) is 0 Å². The first-order chi connectivity index (χ1) is 9.77. The van der Waals surface area contributed by atoms with Crippen LogP contribution in [0.4, 0.5) is 18.9 Å². The number of nitrogens with one attached hydrogen (secondary N) is 1. The first kappa shape index (κ1) is 15.1. The van der Waals surface area contributed by atoms with Gasteiger partial charge in [0, 0.05) is 11.8 Å². The molecule has 4 nitrogen and oxygen atoms in total. The molecule has 2 rings (SSSR count). The molecule has 0 radical (unpaired) electrons. The summed E-state index contributed by atoms with van der Waals surface area (Å²) in [7, 11) is 0. The Morgan fingerprint density at radius 1 is 1.14 bits per heavy atom. The zero-order valence-electron chi connectivity index (χ0n) is 10.3. The molecule has 21 heavy (non-hydrogen) atoms. The smallest absolute Gasteiger partial charge is 0.416 e. The molecule has 8 heteroatoms. The lowest BCUT2D eigenvalue weighted by atomic mass is 10.2. The molecule has 0 aliphatic carbocycles. The van der Waals surface area contributed by atoms with Gasteiger partial charge in [-0.3, -0.25) is 4.79 Å². The maximum absolute atomic E-state index is 12.4. The fourth-order valence-corrected chi connectivity index (χ4v) is 1.65. The Labute approximate surface area is 122 Å². The van der Waals surface area contributed by atoms with Crippen LogP contribution in [0, 0.1) is 5.21 Å². The van der Waals surface area contributed by atoms with E-state index in [0.29, 0.717) is 4.73 Å². The molecular weight excluding hydrogens is 309 g/mol. The molecule has 0 saturated carbocycles. The zero-order valence-corrected chi connectivity index (χ0v) is 11.1. The zero-order chi connectivity index (χ0) is 15.6. The van der Waals surface area contributed by atoms with Gasteiger partial charge in [0.05, 0.1) is 5.56 Å². The summed E-state index contributed by atoms with van der Waals surface area (Å²) in [4.78, 5) is 11.8. The highest BCUT2D eigenvalue weighted by Crippen LogP contribution is 2.29. The third kappa shape index (κ3) is 3.63. The van der Waals surface area contributed by atoms with Crippen molar-refractivity contribution in [3.05, 3.63) is 64.1 Å². The maximum atomic E-state index is 12.4. The largest absolute Gasteiger partial charge is 0.618 e. The number of amides is 1. The first-order valence-electron chi connectivity index (χ1n) is 5.65. The van der Waals surface area contributed by atoms with E-state index in [1.165, 1.54) is 12.1 Å². The molecule has 0 atom stereocenters. The molecule has 1 N–H and O–H groups in total. The predicted octanol–water partition coefficient (Wildman–Crippen LogP) is 3.24. The van der Waals surface area contributed by atoms with Crippen molar-refractivity contribution < 1.29 is 22.7 Å². The van der Waals surface area contributed by atoms with E-state index < -0.39 is 17.6 Å². The molecule has 1 heterocycles. The van der Waals surface area contributed by atoms with E-state index in [0.717, 1.165) is 30.5 Å². The minimum atomic E-state index is -4.44. The van der Waals surface area contributed by atoms with E-state index in [9.17, 15) is 23.2 Å². The molecule has 0 aliphatic rings. The molecule has 0 saturated heterocycles. The standard InChI is InChI=1S/C13H8ClF3N2O2/c14-11-6-1-8(7-19(11)21)12(20)18-10-4-2-9(3-5-10)13(15,16)17/h1-7H,(H,18,20). The van der Waals surface area contributed by atoms with Crippen molar-refractivity contribution in [3.8, 4) is 0 Å². The van der Waals surface area contributed by atoms with Crippen molar-refractivity contribution in [1.29, 1.82) is 0 Å². The third-order valence-corrected chi connectivity index (χ3v) is 2.89. The Morgan fingerprint density at radius 3 is 2.29 bits per heavy atom. The van der Waals surface area contributed by atoms with Crippen LogP contribution in [0.2, 0.25) is 5.15 Å². The average Bonchev–Trinajstić information content (AvgIpc) is 2.41. The van der Waals surface area contributed by atoms with Crippen molar-refractivity contribution in [3.63, 3.8) is 0 Å². The first-order valence-corrected chi connectivity index (χ1v) is 6.02. The van der Waals surface area contributed by atoms with Crippen molar-refractivity contribution in [2.75, 3.05) is 5.32 Å². The van der Waals surface area contributed by atoms with Crippen LogP contribution >= 0.6 is 11.6 Å². The van der Waals surface area contributed by atoms with Crippen LogP contribution in [-0.2, 0) is 6.18 Å². The van der Waals surface area contributed by atoms with Gasteiger partial charge in [-0.15, -0.1) is 0 Å². The van der Waals surface area contributed by atoms with Crippen LogP contribution < -0.4 is 10.0 Å². The van der Waals surface area contributed by atoms with Gasteiger partial charge in [0.25, 0.3) is 11.1 Å². The number of anilines is 1. The Bertz CT molecular complexity index is 672. The molecule has 1 aromatic heterocycles. The molecule has 1 aromatic carbocycles. The molecule has 0 spiro atoms. The predicted molar refractivity (Wildman–Crippen MR) is 69.8 cm³/mol. The lowest BCUT2D eigenvalue weighted by Crippen LogP contribution is -2.29. The van der Waals surface area contributed by atoms with Crippen LogP contribution in [0.25, 0.3) is 0 Å². The SMILES string of the molecule is O=C(Nc1ccc(C(F)(F)F)cc1)c1ccc(Cl)[n+]([O-])c1. The second-order valence-corrected chi connectivity index (χ2v) is 4.48. The Morgan fingerprint density at radius 2 is 1.76 bits per heavy atom. The van der Waals surface area contributed by atoms with E-state index in [-0.39, 0.29) is 16.4 Å². The van der Waals surface area contributed by atoms with Gasteiger partial charge in [-0.1, -0.05) is 0 Å². The molecule has 2 aromatic rings. The summed E-state index contributed by atoms with van der Waals surface area (Å²) >= 11 is 5.52. The lowest BCUT2D eigenvalue weighted by molar-refractivity contribution is -0.603. The number of alkyl halides is 3. The Balaban J connectivity index is 2.14. The summed E-state index contributed by atoms with van der Waals surface area (Å²) in [6.07, 6.45) is -3.46. The topological polar surface area (TPSA) is 56.0 Å². The van der Waals surface area contributed by atoms with Gasteiger partial charge in [0.15, 0.2) is 6.20 Å². The van der Waals surface area contributed by atoms with E-state index in [1.54, 1.807) is 0 Å². The monoisotopic (exact) mass is 316 g/mol. The van der Waals surface area contributed by atoms with Gasteiger partial charge in [-0.25, -0.2) is 0 Å². The van der Waals surface area contributed by atoms with E-state index in [1.807, 2.05) is 0 Å². The Hall–Kier alpha value is -2.28. The van der Waals surface area contributed by atoms with Gasteiger partial charge in [-0.05, 0) is 41.9 Å². The number of rotatable bonds is 2.